The van der Waals surface area contributed by atoms with Crippen LogP contribution >= 0.6 is 0 Å². The lowest BCUT2D eigenvalue weighted by Crippen LogP contribution is -2.32. The summed E-state index contributed by atoms with van der Waals surface area (Å²) in [6, 6.07) is 9.73. The van der Waals surface area contributed by atoms with Gasteiger partial charge < -0.3 is 14.5 Å². The van der Waals surface area contributed by atoms with Crippen LogP contribution in [0.25, 0.3) is 0 Å². The fourth-order valence-corrected chi connectivity index (χ4v) is 2.19. The molecule has 1 amide bonds. The normalized spacial score (nSPS) is 11.6. The number of hydrogen-bond acceptors (Lipinski definition) is 6. The molecular weight excluding hydrogens is 328 g/mol. The summed E-state index contributed by atoms with van der Waals surface area (Å²) in [5.41, 5.74) is 2.07. The van der Waals surface area contributed by atoms with E-state index < -0.39 is 29.3 Å². The number of carbonyl (C=O) groups excluding carboxylic acids is 2. The molecule has 0 radical (unpaired) electrons. The van der Waals surface area contributed by atoms with E-state index in [0.29, 0.717) is 6.42 Å². The lowest BCUT2D eigenvalue weighted by Gasteiger charge is -2.17. The first-order chi connectivity index (χ1) is 11.9. The monoisotopic (exact) mass is 346 g/mol. The summed E-state index contributed by atoms with van der Waals surface area (Å²) >= 11 is 0. The van der Waals surface area contributed by atoms with E-state index in [1.807, 2.05) is 38.1 Å². The second kappa shape index (κ2) is 8.09. The summed E-state index contributed by atoms with van der Waals surface area (Å²) < 4.78 is 9.53. The molecule has 0 saturated heterocycles. The Kier molecular flexibility index (Phi) is 5.89. The molecule has 8 nitrogen and oxygen atoms in total. The maximum Gasteiger partial charge on any atom is 0.433 e. The average Bonchev–Trinajstić information content (AvgIpc) is 3.09. The number of benzene rings is 1. The molecule has 0 fully saturated rings. The number of carbonyl (C=O) groups is 2. The number of nitrogens with one attached hydrogen (secondary N) is 1. The molecule has 1 N–H and O–H groups in total. The molecule has 2 rings (SSSR count). The van der Waals surface area contributed by atoms with Crippen molar-refractivity contribution in [2.45, 2.75) is 26.3 Å². The van der Waals surface area contributed by atoms with E-state index in [0.717, 1.165) is 23.3 Å². The second-order valence-electron chi connectivity index (χ2n) is 5.41. The first-order valence-electron chi connectivity index (χ1n) is 7.68. The molecule has 1 aromatic heterocycles. The number of ether oxygens (including phenoxy) is 1. The Morgan fingerprint density at radius 2 is 1.92 bits per heavy atom. The fourth-order valence-electron chi connectivity index (χ4n) is 2.19. The molecule has 1 aromatic carbocycles. The van der Waals surface area contributed by atoms with Crippen LogP contribution in [0.4, 0.5) is 5.88 Å². The number of hydrogen-bond donors (Lipinski definition) is 1. The molecule has 2 aromatic rings. The summed E-state index contributed by atoms with van der Waals surface area (Å²) in [5.74, 6) is -2.31. The van der Waals surface area contributed by atoms with Gasteiger partial charge in [-0.15, -0.1) is 0 Å². The Morgan fingerprint density at radius 1 is 1.24 bits per heavy atom. The molecule has 8 heteroatoms. The number of furan rings is 1. The number of nitrogens with zero attached hydrogens (tertiary/aromatic N) is 1. The number of aryl methyl sites for hydroxylation is 1. The highest BCUT2D eigenvalue weighted by Crippen LogP contribution is 2.18. The van der Waals surface area contributed by atoms with Crippen LogP contribution < -0.4 is 5.32 Å². The van der Waals surface area contributed by atoms with Crippen LogP contribution in [0, 0.1) is 17.0 Å². The summed E-state index contributed by atoms with van der Waals surface area (Å²) in [7, 11) is 0. The van der Waals surface area contributed by atoms with Crippen molar-refractivity contribution in [2.24, 2.45) is 0 Å². The van der Waals surface area contributed by atoms with Crippen molar-refractivity contribution >= 4 is 17.8 Å². The van der Waals surface area contributed by atoms with Gasteiger partial charge >= 0.3 is 11.9 Å². The van der Waals surface area contributed by atoms with E-state index >= 15 is 0 Å². The quantitative estimate of drug-likeness (QED) is 0.469. The van der Waals surface area contributed by atoms with Crippen LogP contribution in [-0.4, -0.2) is 23.4 Å². The summed E-state index contributed by atoms with van der Waals surface area (Å²) in [5, 5.41) is 13.3. The Morgan fingerprint density at radius 3 is 2.48 bits per heavy atom. The summed E-state index contributed by atoms with van der Waals surface area (Å²) in [6.45, 7) is 3.40. The molecule has 0 spiro atoms. The zero-order valence-electron chi connectivity index (χ0n) is 13.9. The van der Waals surface area contributed by atoms with Crippen molar-refractivity contribution < 1.29 is 23.7 Å². The van der Waals surface area contributed by atoms with Gasteiger partial charge in [0.2, 0.25) is 5.76 Å². The minimum Gasteiger partial charge on any atom is -0.450 e. The minimum atomic E-state index is -0.938. The molecular formula is C17H18N2O6. The highest BCUT2D eigenvalue weighted by Gasteiger charge is 2.20. The van der Waals surface area contributed by atoms with E-state index in [2.05, 4.69) is 5.32 Å². The van der Waals surface area contributed by atoms with Crippen molar-refractivity contribution in [3.8, 4) is 0 Å². The summed E-state index contributed by atoms with van der Waals surface area (Å²) in [6.07, 6.45) is 0.674. The van der Waals surface area contributed by atoms with Gasteiger partial charge in [-0.2, -0.15) is 0 Å². The Balaban J connectivity index is 1.89. The molecule has 0 saturated carbocycles. The highest BCUT2D eigenvalue weighted by atomic mass is 16.7. The topological polar surface area (TPSA) is 112 Å². The molecule has 1 atom stereocenters. The van der Waals surface area contributed by atoms with Crippen LogP contribution in [0.2, 0.25) is 0 Å². The minimum absolute atomic E-state index is 0.198. The Bertz CT molecular complexity index is 766. The van der Waals surface area contributed by atoms with Crippen molar-refractivity contribution in [3.05, 3.63) is 63.4 Å². The third kappa shape index (κ3) is 4.90. The molecule has 0 bridgehead atoms. The van der Waals surface area contributed by atoms with Crippen LogP contribution in [0.15, 0.2) is 40.8 Å². The van der Waals surface area contributed by atoms with E-state index in [1.165, 1.54) is 0 Å². The lowest BCUT2D eigenvalue weighted by molar-refractivity contribution is -0.402. The fraction of sp³-hybridized carbons (Fsp3) is 0.294. The lowest BCUT2D eigenvalue weighted by atomic mass is 10.0. The average molecular weight is 346 g/mol. The molecule has 0 aliphatic rings. The second-order valence-corrected chi connectivity index (χ2v) is 5.41. The van der Waals surface area contributed by atoms with E-state index in [-0.39, 0.29) is 11.8 Å². The van der Waals surface area contributed by atoms with Crippen LogP contribution in [0.3, 0.4) is 0 Å². The Labute approximate surface area is 143 Å². The van der Waals surface area contributed by atoms with Gasteiger partial charge in [-0.05, 0) is 25.0 Å². The summed E-state index contributed by atoms with van der Waals surface area (Å²) in [4.78, 5) is 33.4. The molecule has 1 heterocycles. The van der Waals surface area contributed by atoms with Gasteiger partial charge in [0.05, 0.1) is 12.1 Å². The van der Waals surface area contributed by atoms with Gasteiger partial charge in [-0.3, -0.25) is 14.9 Å². The highest BCUT2D eigenvalue weighted by molar-refractivity contribution is 5.89. The van der Waals surface area contributed by atoms with Crippen LogP contribution in [-0.2, 0) is 9.53 Å². The predicted octanol–water partition coefficient (Wildman–Crippen LogP) is 2.92. The van der Waals surface area contributed by atoms with Crippen molar-refractivity contribution in [3.63, 3.8) is 0 Å². The largest absolute Gasteiger partial charge is 0.450 e. The van der Waals surface area contributed by atoms with Crippen molar-refractivity contribution in [2.75, 3.05) is 6.61 Å². The van der Waals surface area contributed by atoms with Gasteiger partial charge in [-0.25, -0.2) is 4.79 Å². The molecule has 0 aliphatic carbocycles. The van der Waals surface area contributed by atoms with Gasteiger partial charge in [0.25, 0.3) is 5.91 Å². The van der Waals surface area contributed by atoms with Crippen LogP contribution in [0.1, 0.15) is 41.1 Å². The van der Waals surface area contributed by atoms with Crippen molar-refractivity contribution in [1.82, 2.24) is 5.32 Å². The molecule has 132 valence electrons. The molecule has 25 heavy (non-hydrogen) atoms. The smallest absolute Gasteiger partial charge is 0.433 e. The van der Waals surface area contributed by atoms with E-state index in [9.17, 15) is 19.7 Å². The van der Waals surface area contributed by atoms with Crippen LogP contribution in [0.5, 0.6) is 0 Å². The SMILES string of the molecule is CC[C@@H](NC(=O)COC(=O)c1ccc([N+](=O)[O-])o1)c1ccc(C)cc1. The Hall–Kier alpha value is -3.16. The predicted molar refractivity (Wildman–Crippen MR) is 88.0 cm³/mol. The van der Waals surface area contributed by atoms with E-state index in [4.69, 9.17) is 9.15 Å². The number of rotatable bonds is 7. The van der Waals surface area contributed by atoms with Gasteiger partial charge in [0.1, 0.15) is 4.92 Å². The first kappa shape index (κ1) is 18.2. The number of nitro groups is 1. The van der Waals surface area contributed by atoms with E-state index in [1.54, 1.807) is 0 Å². The third-order valence-electron chi connectivity index (χ3n) is 3.53. The maximum atomic E-state index is 12.0. The third-order valence-corrected chi connectivity index (χ3v) is 3.53. The van der Waals surface area contributed by atoms with Crippen molar-refractivity contribution in [1.29, 1.82) is 0 Å². The molecule has 0 aliphatic heterocycles. The zero-order chi connectivity index (χ0) is 18.4. The van der Waals surface area contributed by atoms with Gasteiger partial charge in [-0.1, -0.05) is 36.8 Å². The standard InChI is InChI=1S/C17H18N2O6/c1-3-13(12-6-4-11(2)5-7-12)18-15(20)10-24-17(21)14-8-9-16(25-14)19(22)23/h4-9,13H,3,10H2,1-2H3,(H,18,20)/t13-/m1/s1. The number of amides is 1. The number of esters is 1. The molecule has 0 unspecified atom stereocenters. The first-order valence-corrected chi connectivity index (χ1v) is 7.68. The van der Waals surface area contributed by atoms with Gasteiger partial charge in [0.15, 0.2) is 6.61 Å². The van der Waals surface area contributed by atoms with Gasteiger partial charge in [0, 0.05) is 0 Å². The maximum absolute atomic E-state index is 12.0. The zero-order valence-corrected chi connectivity index (χ0v) is 13.9.